The molecule has 1 heterocycles. The van der Waals surface area contributed by atoms with Gasteiger partial charge in [-0.3, -0.25) is 14.9 Å². The number of rotatable bonds is 8. The van der Waals surface area contributed by atoms with E-state index in [1.807, 2.05) is 38.1 Å². The number of halogens is 1. The van der Waals surface area contributed by atoms with E-state index in [-0.39, 0.29) is 18.1 Å². The van der Waals surface area contributed by atoms with Gasteiger partial charge >= 0.3 is 0 Å². The maximum atomic E-state index is 12.8. The van der Waals surface area contributed by atoms with Crippen LogP contribution >= 0.6 is 23.4 Å². The lowest BCUT2D eigenvalue weighted by atomic mass is 10.2. The molecule has 1 aromatic heterocycles. The maximum Gasteiger partial charge on any atom is 0.276 e. The van der Waals surface area contributed by atoms with Gasteiger partial charge in [0.25, 0.3) is 11.6 Å². The second-order valence-corrected chi connectivity index (χ2v) is 9.35. The number of anilines is 1. The van der Waals surface area contributed by atoms with Gasteiger partial charge in [-0.25, -0.2) is 4.68 Å². The highest BCUT2D eigenvalue weighted by molar-refractivity contribution is 7.99. The van der Waals surface area contributed by atoms with Crippen LogP contribution in [0.1, 0.15) is 21.6 Å². The number of nitro groups is 1. The van der Waals surface area contributed by atoms with Gasteiger partial charge in [0.05, 0.1) is 4.92 Å². The van der Waals surface area contributed by atoms with Crippen LogP contribution in [0.2, 0.25) is 5.02 Å². The average Bonchev–Trinajstić information content (AvgIpc) is 3.29. The molecule has 0 unspecified atom stereocenters. The summed E-state index contributed by atoms with van der Waals surface area (Å²) in [6, 6.07) is 19.2. The lowest BCUT2D eigenvalue weighted by molar-refractivity contribution is -0.385. The fourth-order valence-electron chi connectivity index (χ4n) is 3.22. The molecule has 0 spiro atoms. The molecule has 10 heteroatoms. The highest BCUT2D eigenvalue weighted by Gasteiger charge is 2.15. The molecule has 0 fully saturated rings. The Kier molecular flexibility index (Phi) is 7.38. The van der Waals surface area contributed by atoms with Crippen molar-refractivity contribution in [3.8, 4) is 5.75 Å². The predicted octanol–water partition coefficient (Wildman–Crippen LogP) is 6.50. The van der Waals surface area contributed by atoms with Crippen molar-refractivity contribution in [3.63, 3.8) is 0 Å². The number of nitrogens with zero attached hydrogens (tertiary/aromatic N) is 3. The molecule has 1 amide bonds. The molecule has 8 nitrogen and oxygen atoms in total. The molecule has 0 aliphatic rings. The number of hydrogen-bond acceptors (Lipinski definition) is 6. The predicted molar refractivity (Wildman–Crippen MR) is 135 cm³/mol. The zero-order valence-electron chi connectivity index (χ0n) is 18.9. The van der Waals surface area contributed by atoms with E-state index in [1.54, 1.807) is 36.5 Å². The summed E-state index contributed by atoms with van der Waals surface area (Å²) < 4.78 is 7.22. The first-order valence-corrected chi connectivity index (χ1v) is 11.7. The zero-order valence-corrected chi connectivity index (χ0v) is 20.5. The summed E-state index contributed by atoms with van der Waals surface area (Å²) in [5.74, 6) is 0.171. The van der Waals surface area contributed by atoms with Gasteiger partial charge in [0.1, 0.15) is 5.75 Å². The Bertz CT molecular complexity index is 1390. The van der Waals surface area contributed by atoms with E-state index in [0.717, 1.165) is 16.0 Å². The molecule has 0 radical (unpaired) electrons. The van der Waals surface area contributed by atoms with Crippen molar-refractivity contribution in [3.05, 3.63) is 105 Å². The fraction of sp³-hybridized carbons (Fsp3) is 0.120. The van der Waals surface area contributed by atoms with Crippen LogP contribution in [0.15, 0.2) is 82.7 Å². The summed E-state index contributed by atoms with van der Waals surface area (Å²) in [5, 5.41) is 19.0. The van der Waals surface area contributed by atoms with Gasteiger partial charge in [-0.15, -0.1) is 0 Å². The summed E-state index contributed by atoms with van der Waals surface area (Å²) in [6.45, 7) is 3.97. The van der Waals surface area contributed by atoms with E-state index < -0.39 is 10.8 Å². The lowest BCUT2D eigenvalue weighted by Crippen LogP contribution is -2.14. The van der Waals surface area contributed by atoms with Crippen molar-refractivity contribution in [2.75, 3.05) is 5.32 Å². The first-order valence-electron chi connectivity index (χ1n) is 10.5. The molecule has 35 heavy (non-hydrogen) atoms. The van der Waals surface area contributed by atoms with Crippen LogP contribution in [0.3, 0.4) is 0 Å². The quantitative estimate of drug-likeness (QED) is 0.215. The molecular weight excluding hydrogens is 488 g/mol. The molecular formula is C25H21ClN4O4S. The number of non-ortho nitro benzene ring substituents is 1. The van der Waals surface area contributed by atoms with Gasteiger partial charge in [-0.1, -0.05) is 41.1 Å². The minimum Gasteiger partial charge on any atom is -0.471 e. The van der Waals surface area contributed by atoms with Gasteiger partial charge in [0.15, 0.2) is 12.4 Å². The minimum absolute atomic E-state index is 0.101. The van der Waals surface area contributed by atoms with Crippen LogP contribution in [0, 0.1) is 24.0 Å². The van der Waals surface area contributed by atoms with Gasteiger partial charge < -0.3 is 10.1 Å². The third-order valence-corrected chi connectivity index (χ3v) is 6.19. The van der Waals surface area contributed by atoms with E-state index in [9.17, 15) is 14.9 Å². The first kappa shape index (κ1) is 24.3. The van der Waals surface area contributed by atoms with E-state index in [4.69, 9.17) is 16.3 Å². The first-order chi connectivity index (χ1) is 16.8. The summed E-state index contributed by atoms with van der Waals surface area (Å²) in [5.41, 5.74) is 2.35. The minimum atomic E-state index is -0.488. The standard InChI is InChI=1S/C25H21ClN4O4S/c1-16-3-6-21(7-4-16)35-22-13-19(12-20(14-22)30(32)33)27-25(31)23-9-10-29(28-23)15-34-24-8-5-18(26)11-17(24)2/h3-14H,15H2,1-2H3,(H,27,31). The monoisotopic (exact) mass is 508 g/mol. The maximum absolute atomic E-state index is 12.8. The molecule has 0 atom stereocenters. The van der Waals surface area contributed by atoms with E-state index in [0.29, 0.717) is 21.4 Å². The normalized spacial score (nSPS) is 10.7. The highest BCUT2D eigenvalue weighted by Crippen LogP contribution is 2.33. The Morgan fingerprint density at radius 1 is 1.09 bits per heavy atom. The molecule has 0 bridgehead atoms. The second-order valence-electron chi connectivity index (χ2n) is 7.77. The number of nitro benzene ring substituents is 1. The number of ether oxygens (including phenoxy) is 1. The molecule has 4 rings (SSSR count). The average molecular weight is 509 g/mol. The molecule has 0 saturated carbocycles. The largest absolute Gasteiger partial charge is 0.471 e. The number of amides is 1. The second kappa shape index (κ2) is 10.6. The SMILES string of the molecule is Cc1ccc(Sc2cc(NC(=O)c3ccn(COc4ccc(Cl)cc4C)n3)cc([N+](=O)[O-])c2)cc1. The topological polar surface area (TPSA) is 99.3 Å². The summed E-state index contributed by atoms with van der Waals surface area (Å²) in [7, 11) is 0. The van der Waals surface area contributed by atoms with Crippen LogP contribution in [0.5, 0.6) is 5.75 Å². The smallest absolute Gasteiger partial charge is 0.276 e. The van der Waals surface area contributed by atoms with Crippen molar-refractivity contribution in [1.29, 1.82) is 0 Å². The van der Waals surface area contributed by atoms with Crippen molar-refractivity contribution in [2.24, 2.45) is 0 Å². The van der Waals surface area contributed by atoms with Gasteiger partial charge in [0, 0.05) is 38.8 Å². The number of aromatic nitrogens is 2. The van der Waals surface area contributed by atoms with Crippen molar-refractivity contribution < 1.29 is 14.5 Å². The van der Waals surface area contributed by atoms with Crippen LogP contribution in [0.4, 0.5) is 11.4 Å². The van der Waals surface area contributed by atoms with Crippen molar-refractivity contribution in [1.82, 2.24) is 9.78 Å². The van der Waals surface area contributed by atoms with Crippen LogP contribution in [-0.4, -0.2) is 20.6 Å². The number of benzene rings is 3. The third-order valence-electron chi connectivity index (χ3n) is 4.98. The number of carbonyl (C=O) groups is 1. The summed E-state index contributed by atoms with van der Waals surface area (Å²) >= 11 is 7.34. The summed E-state index contributed by atoms with van der Waals surface area (Å²) in [4.78, 5) is 25.3. The molecule has 3 aromatic carbocycles. The Labute approximate surface area is 211 Å². The number of aryl methyl sites for hydroxylation is 2. The molecule has 1 N–H and O–H groups in total. The van der Waals surface area contributed by atoms with Gasteiger partial charge in [-0.2, -0.15) is 5.10 Å². The Morgan fingerprint density at radius 2 is 1.86 bits per heavy atom. The molecule has 0 saturated heterocycles. The van der Waals surface area contributed by atoms with Gasteiger partial charge in [-0.05, 0) is 61.9 Å². The molecule has 4 aromatic rings. The Morgan fingerprint density at radius 3 is 2.57 bits per heavy atom. The number of carbonyl (C=O) groups excluding carboxylic acids is 1. The summed E-state index contributed by atoms with van der Waals surface area (Å²) in [6.07, 6.45) is 1.62. The molecule has 0 aliphatic heterocycles. The molecule has 0 aliphatic carbocycles. The lowest BCUT2D eigenvalue weighted by Gasteiger charge is -2.09. The van der Waals surface area contributed by atoms with Crippen LogP contribution in [0.25, 0.3) is 0 Å². The number of hydrogen-bond donors (Lipinski definition) is 1. The number of nitrogens with one attached hydrogen (secondary N) is 1. The third kappa shape index (κ3) is 6.40. The van der Waals surface area contributed by atoms with Crippen molar-refractivity contribution >= 4 is 40.6 Å². The van der Waals surface area contributed by atoms with Crippen LogP contribution < -0.4 is 10.1 Å². The highest BCUT2D eigenvalue weighted by atomic mass is 35.5. The Hall–Kier alpha value is -3.82. The molecule has 178 valence electrons. The van der Waals surface area contributed by atoms with E-state index in [1.165, 1.54) is 28.6 Å². The van der Waals surface area contributed by atoms with Crippen molar-refractivity contribution in [2.45, 2.75) is 30.4 Å². The van der Waals surface area contributed by atoms with E-state index >= 15 is 0 Å². The van der Waals surface area contributed by atoms with Gasteiger partial charge in [0.2, 0.25) is 0 Å². The fourth-order valence-corrected chi connectivity index (χ4v) is 4.36. The van der Waals surface area contributed by atoms with E-state index in [2.05, 4.69) is 10.4 Å². The Balaban J connectivity index is 1.46. The zero-order chi connectivity index (χ0) is 24.9. The van der Waals surface area contributed by atoms with Crippen LogP contribution in [-0.2, 0) is 6.73 Å².